The van der Waals surface area contributed by atoms with Gasteiger partial charge in [0.25, 0.3) is 0 Å². The average molecular weight is 362 g/mol. The molecule has 0 rings (SSSR count). The maximum Gasteiger partial charge on any atom is 0.246 e. The smallest absolute Gasteiger partial charge is 0.246 e. The molecule has 0 aromatic carbocycles. The zero-order valence-corrected chi connectivity index (χ0v) is 17.5. The molecule has 0 aliphatic carbocycles. The van der Waals surface area contributed by atoms with E-state index >= 15 is 0 Å². The average Bonchev–Trinajstić information content (AvgIpc) is 2.47. The fourth-order valence-corrected chi connectivity index (χ4v) is 11.4. The Labute approximate surface area is 143 Å². The number of carbonyl (C=O) groups is 1. The molecule has 0 aliphatic heterocycles. The quantitative estimate of drug-likeness (QED) is 0.414. The van der Waals surface area contributed by atoms with Gasteiger partial charge in [-0.1, -0.05) is 26.3 Å². The summed E-state index contributed by atoms with van der Waals surface area (Å²) in [5.41, 5.74) is 0. The van der Waals surface area contributed by atoms with E-state index in [4.69, 9.17) is 9.22 Å². The SMILES string of the molecule is C=CC(=O)N(CC[Si](C)(C)O[Si](C)(C)CCCC)CC(O)CO. The maximum atomic E-state index is 11.9. The zero-order valence-electron chi connectivity index (χ0n) is 15.5. The number of hydrogen-bond acceptors (Lipinski definition) is 4. The number of carbonyl (C=O) groups excluding carboxylic acids is 1. The summed E-state index contributed by atoms with van der Waals surface area (Å²) >= 11 is 0. The molecule has 0 spiro atoms. The van der Waals surface area contributed by atoms with Crippen molar-refractivity contribution in [3.05, 3.63) is 12.7 Å². The fourth-order valence-electron chi connectivity index (χ4n) is 2.59. The molecule has 1 atom stereocenters. The Bertz CT molecular complexity index is 375. The topological polar surface area (TPSA) is 70.0 Å². The van der Waals surface area contributed by atoms with E-state index < -0.39 is 22.7 Å². The number of amides is 1. The molecule has 0 bridgehead atoms. The normalized spacial score (nSPS) is 13.7. The largest absolute Gasteiger partial charge is 0.455 e. The van der Waals surface area contributed by atoms with E-state index in [1.165, 1.54) is 25.0 Å². The van der Waals surface area contributed by atoms with Crippen molar-refractivity contribution in [2.75, 3.05) is 19.7 Å². The van der Waals surface area contributed by atoms with Gasteiger partial charge in [0, 0.05) is 13.1 Å². The summed E-state index contributed by atoms with van der Waals surface area (Å²) in [6, 6.07) is 1.98. The minimum atomic E-state index is -1.88. The van der Waals surface area contributed by atoms with Crippen molar-refractivity contribution >= 4 is 22.5 Å². The van der Waals surface area contributed by atoms with Crippen molar-refractivity contribution in [3.63, 3.8) is 0 Å². The van der Waals surface area contributed by atoms with E-state index in [1.54, 1.807) is 4.90 Å². The molecular weight excluding hydrogens is 326 g/mol. The van der Waals surface area contributed by atoms with Crippen molar-refractivity contribution in [3.8, 4) is 0 Å². The van der Waals surface area contributed by atoms with E-state index in [0.29, 0.717) is 6.54 Å². The lowest BCUT2D eigenvalue weighted by molar-refractivity contribution is -0.127. The molecule has 0 saturated heterocycles. The van der Waals surface area contributed by atoms with Crippen LogP contribution in [0.5, 0.6) is 0 Å². The van der Waals surface area contributed by atoms with Crippen LogP contribution in [0, 0.1) is 0 Å². The van der Waals surface area contributed by atoms with Crippen molar-refractivity contribution in [2.24, 2.45) is 0 Å². The third-order valence-electron chi connectivity index (χ3n) is 3.80. The Kier molecular flexibility index (Phi) is 10.2. The molecule has 23 heavy (non-hydrogen) atoms. The highest BCUT2D eigenvalue weighted by atomic mass is 28.4. The summed E-state index contributed by atoms with van der Waals surface area (Å²) in [4.78, 5) is 13.5. The standard InChI is InChI=1S/C16H35NO4Si2/c1-7-9-11-22(3,4)21-23(5,6)12-10-17(16(20)8-2)13-15(19)14-18/h8,15,18-19H,2,7,9-14H2,1,3-6H3. The van der Waals surface area contributed by atoms with Gasteiger partial charge in [0.05, 0.1) is 12.7 Å². The fraction of sp³-hybridized carbons (Fsp3) is 0.812. The van der Waals surface area contributed by atoms with Gasteiger partial charge in [0.15, 0.2) is 16.6 Å². The van der Waals surface area contributed by atoms with Crippen LogP contribution in [0.4, 0.5) is 0 Å². The van der Waals surface area contributed by atoms with Crippen molar-refractivity contribution < 1.29 is 19.1 Å². The van der Waals surface area contributed by atoms with Gasteiger partial charge in [-0.15, -0.1) is 0 Å². The first-order valence-electron chi connectivity index (χ1n) is 8.47. The molecule has 0 aromatic heterocycles. The molecule has 1 amide bonds. The number of unbranched alkanes of at least 4 members (excludes halogenated alkanes) is 1. The summed E-state index contributed by atoms with van der Waals surface area (Å²) in [5, 5.41) is 18.6. The predicted octanol–water partition coefficient (Wildman–Crippen LogP) is 2.58. The van der Waals surface area contributed by atoms with Crippen LogP contribution >= 0.6 is 0 Å². The number of nitrogens with zero attached hydrogens (tertiary/aromatic N) is 1. The predicted molar refractivity (Wildman–Crippen MR) is 100 cm³/mol. The zero-order chi connectivity index (χ0) is 18.1. The van der Waals surface area contributed by atoms with Crippen LogP contribution in [0.25, 0.3) is 0 Å². The summed E-state index contributed by atoms with van der Waals surface area (Å²) in [6.45, 7) is 14.9. The molecule has 0 aromatic rings. The summed E-state index contributed by atoms with van der Waals surface area (Å²) in [6.07, 6.45) is 2.72. The van der Waals surface area contributed by atoms with Crippen LogP contribution in [-0.2, 0) is 8.91 Å². The van der Waals surface area contributed by atoms with Gasteiger partial charge in [-0.05, 0) is 44.4 Å². The number of hydrogen-bond donors (Lipinski definition) is 2. The first-order valence-corrected chi connectivity index (χ1v) is 14.7. The van der Waals surface area contributed by atoms with Crippen LogP contribution in [0.3, 0.4) is 0 Å². The highest BCUT2D eigenvalue weighted by Crippen LogP contribution is 2.23. The second-order valence-electron chi connectivity index (χ2n) is 7.30. The van der Waals surface area contributed by atoms with Gasteiger partial charge in [-0.3, -0.25) is 4.79 Å². The highest BCUT2D eigenvalue weighted by molar-refractivity contribution is 6.84. The molecule has 0 heterocycles. The van der Waals surface area contributed by atoms with Gasteiger partial charge >= 0.3 is 0 Å². The molecule has 0 saturated carbocycles. The van der Waals surface area contributed by atoms with E-state index in [9.17, 15) is 9.90 Å². The lowest BCUT2D eigenvalue weighted by Gasteiger charge is -2.35. The third kappa shape index (κ3) is 10.1. The minimum absolute atomic E-state index is 0.127. The van der Waals surface area contributed by atoms with E-state index in [2.05, 4.69) is 39.7 Å². The van der Waals surface area contributed by atoms with Crippen LogP contribution < -0.4 is 0 Å². The molecule has 0 radical (unpaired) electrons. The Morgan fingerprint density at radius 2 is 1.83 bits per heavy atom. The number of aliphatic hydroxyl groups is 2. The Hall–Kier alpha value is -0.476. The van der Waals surface area contributed by atoms with E-state index in [0.717, 1.165) is 6.04 Å². The monoisotopic (exact) mass is 361 g/mol. The lowest BCUT2D eigenvalue weighted by Crippen LogP contribution is -2.47. The summed E-state index contributed by atoms with van der Waals surface area (Å²) < 4.78 is 6.52. The van der Waals surface area contributed by atoms with Crippen LogP contribution in [0.2, 0.25) is 38.3 Å². The molecule has 0 fully saturated rings. The van der Waals surface area contributed by atoms with E-state index in [-0.39, 0.29) is 19.1 Å². The molecule has 0 aliphatic rings. The van der Waals surface area contributed by atoms with Crippen molar-refractivity contribution in [1.82, 2.24) is 4.90 Å². The van der Waals surface area contributed by atoms with Gasteiger partial charge in [0.1, 0.15) is 0 Å². The maximum absolute atomic E-state index is 11.9. The van der Waals surface area contributed by atoms with Gasteiger partial charge in [-0.2, -0.15) is 0 Å². The molecule has 136 valence electrons. The first kappa shape index (κ1) is 22.5. The third-order valence-corrected chi connectivity index (χ3v) is 11.2. The lowest BCUT2D eigenvalue weighted by atomic mass is 10.3. The highest BCUT2D eigenvalue weighted by Gasteiger charge is 2.33. The van der Waals surface area contributed by atoms with Crippen LogP contribution in [-0.4, -0.2) is 63.5 Å². The summed E-state index contributed by atoms with van der Waals surface area (Å²) in [7, 11) is -3.54. The first-order chi connectivity index (χ1) is 10.6. The van der Waals surface area contributed by atoms with Crippen molar-refractivity contribution in [1.29, 1.82) is 0 Å². The van der Waals surface area contributed by atoms with Crippen LogP contribution in [0.1, 0.15) is 19.8 Å². The molecular formula is C16H35NO4Si2. The van der Waals surface area contributed by atoms with E-state index in [1.807, 2.05) is 0 Å². The second-order valence-corrected chi connectivity index (χ2v) is 16.2. The molecule has 2 N–H and O–H groups in total. The van der Waals surface area contributed by atoms with Gasteiger partial charge < -0.3 is 19.2 Å². The van der Waals surface area contributed by atoms with Crippen LogP contribution in [0.15, 0.2) is 12.7 Å². The minimum Gasteiger partial charge on any atom is -0.455 e. The Morgan fingerprint density at radius 1 is 1.26 bits per heavy atom. The number of aliphatic hydroxyl groups excluding tert-OH is 2. The summed E-state index contributed by atoms with van der Waals surface area (Å²) in [5.74, 6) is -0.218. The second kappa shape index (κ2) is 10.4. The Balaban J connectivity index is 4.66. The van der Waals surface area contributed by atoms with Crippen molar-refractivity contribution in [2.45, 2.75) is 64.1 Å². The van der Waals surface area contributed by atoms with Gasteiger partial charge in [-0.25, -0.2) is 0 Å². The molecule has 1 unspecified atom stereocenters. The Morgan fingerprint density at radius 3 is 2.30 bits per heavy atom. The molecule has 5 nitrogen and oxygen atoms in total. The van der Waals surface area contributed by atoms with Gasteiger partial charge in [0.2, 0.25) is 5.91 Å². The molecule has 7 heteroatoms. The number of rotatable bonds is 12.